The molecule has 1 N–H and O–H groups in total. The molecule has 0 saturated heterocycles. The summed E-state index contributed by atoms with van der Waals surface area (Å²) in [6.45, 7) is 4.04. The average Bonchev–Trinajstić information content (AvgIpc) is 2.39. The highest BCUT2D eigenvalue weighted by molar-refractivity contribution is 5.91. The molecule has 100 valence electrons. The second kappa shape index (κ2) is 10.1. The molecule has 0 bridgehead atoms. The van der Waals surface area contributed by atoms with Gasteiger partial charge in [-0.2, -0.15) is 0 Å². The molecular weight excluding hydrogens is 238 g/mol. The minimum atomic E-state index is -0.612. The Balaban J connectivity index is 3.52. The SMILES string of the molecule is C=CC(=O)NCCCCOC(=O)/C=C/C(=O)OC. The van der Waals surface area contributed by atoms with E-state index in [2.05, 4.69) is 16.6 Å². The van der Waals surface area contributed by atoms with Crippen LogP contribution in [0.5, 0.6) is 0 Å². The number of carbonyl (C=O) groups is 3. The molecule has 6 heteroatoms. The Kier molecular flexibility index (Phi) is 8.89. The normalized spacial score (nSPS) is 9.83. The van der Waals surface area contributed by atoms with E-state index in [1.165, 1.54) is 13.2 Å². The molecule has 1 amide bonds. The summed E-state index contributed by atoms with van der Waals surface area (Å²) in [5.74, 6) is -1.44. The molecule has 0 aliphatic rings. The van der Waals surface area contributed by atoms with Gasteiger partial charge in [0.2, 0.25) is 5.91 Å². The van der Waals surface area contributed by atoms with Crippen molar-refractivity contribution in [3.63, 3.8) is 0 Å². The van der Waals surface area contributed by atoms with Gasteiger partial charge in [-0.3, -0.25) is 4.79 Å². The van der Waals surface area contributed by atoms with Crippen molar-refractivity contribution < 1.29 is 23.9 Å². The van der Waals surface area contributed by atoms with Crippen LogP contribution in [0.25, 0.3) is 0 Å². The van der Waals surface area contributed by atoms with Gasteiger partial charge in [-0.05, 0) is 18.9 Å². The maximum Gasteiger partial charge on any atom is 0.331 e. The minimum Gasteiger partial charge on any atom is -0.466 e. The zero-order chi connectivity index (χ0) is 13.8. The van der Waals surface area contributed by atoms with Crippen LogP contribution < -0.4 is 5.32 Å². The molecule has 0 aromatic rings. The standard InChI is InChI=1S/C12H17NO5/c1-3-10(14)13-8-4-5-9-18-12(16)7-6-11(15)17-2/h3,6-7H,1,4-5,8-9H2,2H3,(H,13,14)/b7-6+. The second-order valence-electron chi connectivity index (χ2n) is 3.23. The van der Waals surface area contributed by atoms with Crippen LogP contribution in [-0.2, 0) is 23.9 Å². The summed E-state index contributed by atoms with van der Waals surface area (Å²) < 4.78 is 9.11. The monoisotopic (exact) mass is 255 g/mol. The first-order chi connectivity index (χ1) is 8.60. The first-order valence-corrected chi connectivity index (χ1v) is 5.43. The summed E-state index contributed by atoms with van der Waals surface area (Å²) in [6.07, 6.45) is 4.50. The van der Waals surface area contributed by atoms with Gasteiger partial charge in [0.15, 0.2) is 0 Å². The van der Waals surface area contributed by atoms with Crippen LogP contribution in [0.4, 0.5) is 0 Å². The summed E-state index contributed by atoms with van der Waals surface area (Å²) in [5.41, 5.74) is 0. The summed E-state index contributed by atoms with van der Waals surface area (Å²) in [4.78, 5) is 32.5. The lowest BCUT2D eigenvalue weighted by Crippen LogP contribution is -2.22. The summed E-state index contributed by atoms with van der Waals surface area (Å²) in [7, 11) is 1.22. The van der Waals surface area contributed by atoms with Gasteiger partial charge in [-0.15, -0.1) is 0 Å². The van der Waals surface area contributed by atoms with Crippen LogP contribution in [0, 0.1) is 0 Å². The van der Waals surface area contributed by atoms with E-state index in [-0.39, 0.29) is 12.5 Å². The quantitative estimate of drug-likeness (QED) is 0.384. The van der Waals surface area contributed by atoms with E-state index in [1.54, 1.807) is 0 Å². The molecule has 0 aromatic carbocycles. The average molecular weight is 255 g/mol. The van der Waals surface area contributed by atoms with Gasteiger partial charge in [0.05, 0.1) is 13.7 Å². The number of hydrogen-bond acceptors (Lipinski definition) is 5. The lowest BCUT2D eigenvalue weighted by molar-refractivity contribution is -0.139. The van der Waals surface area contributed by atoms with Crippen LogP contribution in [0.1, 0.15) is 12.8 Å². The predicted molar refractivity (Wildman–Crippen MR) is 64.6 cm³/mol. The van der Waals surface area contributed by atoms with E-state index >= 15 is 0 Å². The van der Waals surface area contributed by atoms with Crippen molar-refractivity contribution in [1.29, 1.82) is 0 Å². The molecule has 0 saturated carbocycles. The number of carbonyl (C=O) groups excluding carboxylic acids is 3. The Hall–Kier alpha value is -2.11. The lowest BCUT2D eigenvalue weighted by Gasteiger charge is -2.03. The van der Waals surface area contributed by atoms with Gasteiger partial charge in [-0.25, -0.2) is 9.59 Å². The van der Waals surface area contributed by atoms with Crippen LogP contribution >= 0.6 is 0 Å². The molecule has 6 nitrogen and oxygen atoms in total. The summed E-state index contributed by atoms with van der Waals surface area (Å²) in [6, 6.07) is 0. The van der Waals surface area contributed by atoms with Crippen molar-refractivity contribution >= 4 is 17.8 Å². The maximum atomic E-state index is 11.1. The molecule has 18 heavy (non-hydrogen) atoms. The number of nitrogens with one attached hydrogen (secondary N) is 1. The number of ether oxygens (including phenoxy) is 2. The van der Waals surface area contributed by atoms with E-state index in [4.69, 9.17) is 4.74 Å². The lowest BCUT2D eigenvalue weighted by atomic mass is 10.3. The molecule has 0 aliphatic heterocycles. The van der Waals surface area contributed by atoms with Gasteiger partial charge in [-0.1, -0.05) is 6.58 Å². The highest BCUT2D eigenvalue weighted by Crippen LogP contribution is 1.91. The van der Waals surface area contributed by atoms with Crippen molar-refractivity contribution in [2.45, 2.75) is 12.8 Å². The molecule has 0 atom stereocenters. The van der Waals surface area contributed by atoms with E-state index < -0.39 is 11.9 Å². The smallest absolute Gasteiger partial charge is 0.331 e. The van der Waals surface area contributed by atoms with Gasteiger partial charge >= 0.3 is 11.9 Å². The first-order valence-electron chi connectivity index (χ1n) is 5.43. The molecule has 0 aromatic heterocycles. The number of methoxy groups -OCH3 is 1. The Bertz CT molecular complexity index is 335. The van der Waals surface area contributed by atoms with Crippen LogP contribution in [0.15, 0.2) is 24.8 Å². The zero-order valence-corrected chi connectivity index (χ0v) is 10.3. The fourth-order valence-electron chi connectivity index (χ4n) is 0.936. The Morgan fingerprint density at radius 1 is 1.17 bits per heavy atom. The molecule has 0 heterocycles. The van der Waals surface area contributed by atoms with E-state index in [0.29, 0.717) is 19.4 Å². The molecule has 0 aliphatic carbocycles. The van der Waals surface area contributed by atoms with Crippen LogP contribution in [0.2, 0.25) is 0 Å². The third kappa shape index (κ3) is 9.14. The fraction of sp³-hybridized carbons (Fsp3) is 0.417. The van der Waals surface area contributed by atoms with E-state index in [0.717, 1.165) is 12.2 Å². The summed E-state index contributed by atoms with van der Waals surface area (Å²) >= 11 is 0. The minimum absolute atomic E-state index is 0.229. The zero-order valence-electron chi connectivity index (χ0n) is 10.3. The number of rotatable bonds is 8. The molecule has 0 radical (unpaired) electrons. The van der Waals surface area contributed by atoms with Crippen molar-refractivity contribution in [2.75, 3.05) is 20.3 Å². The molecule has 0 fully saturated rings. The van der Waals surface area contributed by atoms with Crippen LogP contribution in [0.3, 0.4) is 0 Å². The van der Waals surface area contributed by atoms with Crippen molar-refractivity contribution in [1.82, 2.24) is 5.32 Å². The molecule has 0 rings (SSSR count). The fourth-order valence-corrected chi connectivity index (χ4v) is 0.936. The third-order valence-corrected chi connectivity index (χ3v) is 1.86. The Labute approximate surface area is 106 Å². The highest BCUT2D eigenvalue weighted by atomic mass is 16.5. The number of unbranched alkanes of at least 4 members (excludes halogenated alkanes) is 1. The van der Waals surface area contributed by atoms with Crippen molar-refractivity contribution in [3.05, 3.63) is 24.8 Å². The maximum absolute atomic E-state index is 11.1. The van der Waals surface area contributed by atoms with Gasteiger partial charge in [0.1, 0.15) is 0 Å². The summed E-state index contributed by atoms with van der Waals surface area (Å²) in [5, 5.41) is 2.60. The Morgan fingerprint density at radius 2 is 1.83 bits per heavy atom. The van der Waals surface area contributed by atoms with Gasteiger partial charge in [0.25, 0.3) is 0 Å². The molecule has 0 spiro atoms. The van der Waals surface area contributed by atoms with Crippen molar-refractivity contribution in [3.8, 4) is 0 Å². The van der Waals surface area contributed by atoms with Gasteiger partial charge < -0.3 is 14.8 Å². The van der Waals surface area contributed by atoms with E-state index in [9.17, 15) is 14.4 Å². The molecular formula is C12H17NO5. The molecule has 0 unspecified atom stereocenters. The van der Waals surface area contributed by atoms with Crippen LogP contribution in [-0.4, -0.2) is 38.1 Å². The highest BCUT2D eigenvalue weighted by Gasteiger charge is 1.99. The Morgan fingerprint density at radius 3 is 2.44 bits per heavy atom. The second-order valence-corrected chi connectivity index (χ2v) is 3.23. The first kappa shape index (κ1) is 15.9. The largest absolute Gasteiger partial charge is 0.466 e. The topological polar surface area (TPSA) is 81.7 Å². The number of amides is 1. The third-order valence-electron chi connectivity index (χ3n) is 1.86. The van der Waals surface area contributed by atoms with Gasteiger partial charge in [0, 0.05) is 18.7 Å². The van der Waals surface area contributed by atoms with Crippen molar-refractivity contribution in [2.24, 2.45) is 0 Å². The number of esters is 2. The van der Waals surface area contributed by atoms with E-state index in [1.807, 2.05) is 0 Å². The number of hydrogen-bond donors (Lipinski definition) is 1. The predicted octanol–water partition coefficient (Wildman–Crippen LogP) is 0.341.